The molecule has 4 nitrogen and oxygen atoms in total. The van der Waals surface area contributed by atoms with E-state index in [-0.39, 0.29) is 11.9 Å². The van der Waals surface area contributed by atoms with Gasteiger partial charge in [-0.3, -0.25) is 4.79 Å². The van der Waals surface area contributed by atoms with Gasteiger partial charge in [-0.1, -0.05) is 31.2 Å². The van der Waals surface area contributed by atoms with Gasteiger partial charge in [0.15, 0.2) is 6.10 Å². The van der Waals surface area contributed by atoms with E-state index in [1.807, 2.05) is 38.1 Å². The molecule has 3 atom stereocenters. The molecule has 2 aromatic carbocycles. The Hall–Kier alpha value is -2.49. The normalized spacial score (nSPS) is 19.0. The molecular formula is C24H32N2O2. The molecule has 0 unspecified atom stereocenters. The van der Waals surface area contributed by atoms with Crippen LogP contribution in [0.1, 0.15) is 50.8 Å². The van der Waals surface area contributed by atoms with Gasteiger partial charge in [0.2, 0.25) is 0 Å². The maximum absolute atomic E-state index is 12.5. The van der Waals surface area contributed by atoms with Crippen molar-refractivity contribution in [1.29, 1.82) is 0 Å². The molecule has 1 heterocycles. The monoisotopic (exact) mass is 380 g/mol. The molecule has 0 aromatic heterocycles. The number of benzene rings is 2. The van der Waals surface area contributed by atoms with Crippen molar-refractivity contribution in [2.75, 3.05) is 18.0 Å². The molecule has 1 fully saturated rings. The number of aryl methyl sites for hydroxylation is 1. The Morgan fingerprint density at radius 3 is 2.61 bits per heavy atom. The van der Waals surface area contributed by atoms with E-state index in [0.29, 0.717) is 0 Å². The Labute approximate surface area is 168 Å². The maximum Gasteiger partial charge on any atom is 0.261 e. The van der Waals surface area contributed by atoms with Crippen LogP contribution in [0.25, 0.3) is 0 Å². The molecule has 0 spiro atoms. The fourth-order valence-corrected chi connectivity index (χ4v) is 3.76. The van der Waals surface area contributed by atoms with Gasteiger partial charge in [-0.05, 0) is 74.9 Å². The molecule has 28 heavy (non-hydrogen) atoms. The third kappa shape index (κ3) is 5.28. The number of hydrogen-bond acceptors (Lipinski definition) is 3. The Bertz CT molecular complexity index is 787. The Balaban J connectivity index is 1.56. The van der Waals surface area contributed by atoms with Crippen LogP contribution in [0.5, 0.6) is 5.75 Å². The first kappa shape index (κ1) is 20.2. The lowest BCUT2D eigenvalue weighted by Gasteiger charge is -2.33. The second-order valence-corrected chi connectivity index (χ2v) is 8.09. The molecule has 4 heteroatoms. The van der Waals surface area contributed by atoms with Crippen LogP contribution < -0.4 is 15.0 Å². The Morgan fingerprint density at radius 2 is 1.93 bits per heavy atom. The highest BCUT2D eigenvalue weighted by atomic mass is 16.5. The highest BCUT2D eigenvalue weighted by Gasteiger charge is 2.19. The van der Waals surface area contributed by atoms with E-state index in [1.165, 1.54) is 18.5 Å². The van der Waals surface area contributed by atoms with Crippen molar-refractivity contribution >= 4 is 11.6 Å². The summed E-state index contributed by atoms with van der Waals surface area (Å²) < 4.78 is 5.78. The van der Waals surface area contributed by atoms with Gasteiger partial charge in [0, 0.05) is 18.8 Å². The second kappa shape index (κ2) is 9.13. The first-order valence-corrected chi connectivity index (χ1v) is 10.3. The molecule has 0 radical (unpaired) electrons. The third-order valence-electron chi connectivity index (χ3n) is 5.45. The number of nitrogens with one attached hydrogen (secondary N) is 1. The second-order valence-electron chi connectivity index (χ2n) is 8.09. The molecule has 150 valence electrons. The van der Waals surface area contributed by atoms with Gasteiger partial charge in [-0.2, -0.15) is 0 Å². The summed E-state index contributed by atoms with van der Waals surface area (Å²) in [7, 11) is 0. The quantitative estimate of drug-likeness (QED) is 0.777. The van der Waals surface area contributed by atoms with E-state index >= 15 is 0 Å². The number of ether oxygens (including phenoxy) is 1. The average Bonchev–Trinajstić information content (AvgIpc) is 2.68. The molecule has 1 aliphatic heterocycles. The highest BCUT2D eigenvalue weighted by Crippen LogP contribution is 2.24. The van der Waals surface area contributed by atoms with E-state index in [9.17, 15) is 4.79 Å². The van der Waals surface area contributed by atoms with Gasteiger partial charge in [0.1, 0.15) is 5.75 Å². The van der Waals surface area contributed by atoms with Gasteiger partial charge >= 0.3 is 0 Å². The van der Waals surface area contributed by atoms with Crippen LogP contribution in [-0.4, -0.2) is 25.1 Å². The Kier molecular flexibility index (Phi) is 6.61. The van der Waals surface area contributed by atoms with E-state index in [1.54, 1.807) is 6.92 Å². The predicted molar refractivity (Wildman–Crippen MR) is 115 cm³/mol. The summed E-state index contributed by atoms with van der Waals surface area (Å²) in [5.41, 5.74) is 3.48. The molecule has 0 aliphatic carbocycles. The lowest BCUT2D eigenvalue weighted by molar-refractivity contribution is -0.127. The third-order valence-corrected chi connectivity index (χ3v) is 5.45. The molecule has 1 aliphatic rings. The Morgan fingerprint density at radius 1 is 1.18 bits per heavy atom. The molecule has 0 bridgehead atoms. The molecule has 1 amide bonds. The number of amides is 1. The van der Waals surface area contributed by atoms with Crippen molar-refractivity contribution in [3.8, 4) is 5.75 Å². The number of piperidine rings is 1. The van der Waals surface area contributed by atoms with E-state index in [0.717, 1.165) is 35.9 Å². The van der Waals surface area contributed by atoms with E-state index < -0.39 is 6.10 Å². The molecule has 1 saturated heterocycles. The lowest BCUT2D eigenvalue weighted by atomic mass is 9.99. The summed E-state index contributed by atoms with van der Waals surface area (Å²) in [4.78, 5) is 15.0. The van der Waals surface area contributed by atoms with Crippen molar-refractivity contribution in [2.45, 2.75) is 52.7 Å². The minimum absolute atomic E-state index is 0.0645. The fraction of sp³-hybridized carbons (Fsp3) is 0.458. The van der Waals surface area contributed by atoms with Crippen molar-refractivity contribution in [3.05, 3.63) is 59.7 Å². The zero-order valence-electron chi connectivity index (χ0n) is 17.4. The minimum Gasteiger partial charge on any atom is -0.481 e. The van der Waals surface area contributed by atoms with E-state index in [2.05, 4.69) is 41.4 Å². The van der Waals surface area contributed by atoms with Crippen molar-refractivity contribution in [1.82, 2.24) is 5.32 Å². The van der Waals surface area contributed by atoms with Crippen LogP contribution in [0.2, 0.25) is 0 Å². The van der Waals surface area contributed by atoms with Gasteiger partial charge in [-0.15, -0.1) is 0 Å². The predicted octanol–water partition coefficient (Wildman–Crippen LogP) is 4.88. The lowest BCUT2D eigenvalue weighted by Crippen LogP contribution is -2.37. The largest absolute Gasteiger partial charge is 0.481 e. The van der Waals surface area contributed by atoms with Crippen LogP contribution in [0, 0.1) is 12.8 Å². The average molecular weight is 381 g/mol. The van der Waals surface area contributed by atoms with Crippen molar-refractivity contribution in [2.24, 2.45) is 5.92 Å². The standard InChI is InChI=1S/C24H32N2O2/c1-17-7-5-9-23(15-17)28-20(4)24(27)25-19(3)21-10-12-22(13-11-21)26-14-6-8-18(2)16-26/h5,7,9-13,15,18-20H,6,8,14,16H2,1-4H3,(H,25,27)/t18-,19+,20-/m1/s1. The number of hydrogen-bond donors (Lipinski definition) is 1. The first-order valence-electron chi connectivity index (χ1n) is 10.3. The number of carbonyl (C=O) groups is 1. The maximum atomic E-state index is 12.5. The summed E-state index contributed by atoms with van der Waals surface area (Å²) in [5, 5.41) is 3.06. The molecule has 2 aromatic rings. The molecule has 0 saturated carbocycles. The van der Waals surface area contributed by atoms with Crippen molar-refractivity contribution in [3.63, 3.8) is 0 Å². The van der Waals surface area contributed by atoms with Crippen LogP contribution in [0.4, 0.5) is 5.69 Å². The summed E-state index contributed by atoms with van der Waals surface area (Å²) in [5.74, 6) is 1.36. The number of carbonyl (C=O) groups excluding carboxylic acids is 1. The van der Waals surface area contributed by atoms with Gasteiger partial charge in [0.25, 0.3) is 5.91 Å². The summed E-state index contributed by atoms with van der Waals surface area (Å²) in [6, 6.07) is 16.3. The summed E-state index contributed by atoms with van der Waals surface area (Å²) in [6.07, 6.45) is 2.03. The summed E-state index contributed by atoms with van der Waals surface area (Å²) >= 11 is 0. The minimum atomic E-state index is -0.543. The van der Waals surface area contributed by atoms with E-state index in [4.69, 9.17) is 4.74 Å². The molecule has 3 rings (SSSR count). The number of rotatable bonds is 6. The van der Waals surface area contributed by atoms with Gasteiger partial charge in [-0.25, -0.2) is 0 Å². The number of nitrogens with zero attached hydrogens (tertiary/aromatic N) is 1. The van der Waals surface area contributed by atoms with Crippen LogP contribution in [0.3, 0.4) is 0 Å². The van der Waals surface area contributed by atoms with Crippen LogP contribution in [0.15, 0.2) is 48.5 Å². The highest BCUT2D eigenvalue weighted by molar-refractivity contribution is 5.81. The SMILES string of the molecule is Cc1cccc(O[C@H](C)C(=O)N[C@@H](C)c2ccc(N3CCC[C@@H](C)C3)cc2)c1. The zero-order chi connectivity index (χ0) is 20.1. The molecular weight excluding hydrogens is 348 g/mol. The fourth-order valence-electron chi connectivity index (χ4n) is 3.76. The van der Waals surface area contributed by atoms with Crippen molar-refractivity contribution < 1.29 is 9.53 Å². The van der Waals surface area contributed by atoms with Crippen LogP contribution in [-0.2, 0) is 4.79 Å². The van der Waals surface area contributed by atoms with Gasteiger partial charge < -0.3 is 15.0 Å². The topological polar surface area (TPSA) is 41.6 Å². The first-order chi connectivity index (χ1) is 13.4. The van der Waals surface area contributed by atoms with Crippen LogP contribution >= 0.6 is 0 Å². The smallest absolute Gasteiger partial charge is 0.261 e. The van der Waals surface area contributed by atoms with Gasteiger partial charge in [0.05, 0.1) is 6.04 Å². The molecule has 1 N–H and O–H groups in total. The number of anilines is 1. The summed E-state index contributed by atoms with van der Waals surface area (Å²) in [6.45, 7) is 10.4. The zero-order valence-corrected chi connectivity index (χ0v) is 17.4.